The molecular weight excluding hydrogens is 283 g/mol. The predicted octanol–water partition coefficient (Wildman–Crippen LogP) is 1.87. The van der Waals surface area contributed by atoms with Crippen LogP contribution >= 0.6 is 11.6 Å². The SMILES string of the molecule is O=C(CN1CC(O)(C2CC2)C1)Nc1ccc(F)c(Cl)c1. The van der Waals surface area contributed by atoms with Crippen LogP contribution in [-0.4, -0.2) is 41.1 Å². The molecule has 1 amide bonds. The highest BCUT2D eigenvalue weighted by Crippen LogP contribution is 2.44. The maximum atomic E-state index is 13.0. The van der Waals surface area contributed by atoms with Gasteiger partial charge >= 0.3 is 0 Å². The number of benzene rings is 1. The standard InChI is InChI=1S/C14H16ClFN2O2/c15-11-5-10(3-4-12(11)16)17-13(19)6-18-7-14(20,8-18)9-1-2-9/h3-5,9,20H,1-2,6-8H2,(H,17,19). The summed E-state index contributed by atoms with van der Waals surface area (Å²) in [5.74, 6) is -0.287. The van der Waals surface area contributed by atoms with Crippen LogP contribution in [0.5, 0.6) is 0 Å². The highest BCUT2D eigenvalue weighted by molar-refractivity contribution is 6.31. The van der Waals surface area contributed by atoms with Gasteiger partial charge in [-0.3, -0.25) is 9.69 Å². The Morgan fingerprint density at radius 1 is 1.50 bits per heavy atom. The van der Waals surface area contributed by atoms with Crippen LogP contribution in [0.1, 0.15) is 12.8 Å². The molecule has 1 saturated heterocycles. The topological polar surface area (TPSA) is 52.6 Å². The van der Waals surface area contributed by atoms with Crippen molar-refractivity contribution in [3.8, 4) is 0 Å². The number of halogens is 2. The highest BCUT2D eigenvalue weighted by atomic mass is 35.5. The van der Waals surface area contributed by atoms with Crippen molar-refractivity contribution in [2.75, 3.05) is 25.0 Å². The van der Waals surface area contributed by atoms with E-state index in [1.807, 2.05) is 4.90 Å². The molecule has 3 rings (SSSR count). The maximum absolute atomic E-state index is 13.0. The molecule has 1 aromatic rings. The van der Waals surface area contributed by atoms with Crippen molar-refractivity contribution >= 4 is 23.2 Å². The Bertz CT molecular complexity index is 542. The number of nitrogens with zero attached hydrogens (tertiary/aromatic N) is 1. The smallest absolute Gasteiger partial charge is 0.238 e. The van der Waals surface area contributed by atoms with E-state index in [2.05, 4.69) is 5.32 Å². The average molecular weight is 299 g/mol. The summed E-state index contributed by atoms with van der Waals surface area (Å²) in [6, 6.07) is 4.06. The summed E-state index contributed by atoms with van der Waals surface area (Å²) in [5.41, 5.74) is -0.112. The van der Waals surface area contributed by atoms with Gasteiger partial charge in [0.05, 0.1) is 17.2 Å². The molecule has 108 valence electrons. The number of nitrogens with one attached hydrogen (secondary N) is 1. The van der Waals surface area contributed by atoms with Crippen LogP contribution in [0.15, 0.2) is 18.2 Å². The molecule has 2 aliphatic rings. The second-order valence-electron chi connectivity index (χ2n) is 5.70. The minimum atomic E-state index is -0.584. The van der Waals surface area contributed by atoms with Crippen molar-refractivity contribution in [1.82, 2.24) is 4.90 Å². The van der Waals surface area contributed by atoms with Gasteiger partial charge in [-0.05, 0) is 37.0 Å². The zero-order valence-electron chi connectivity index (χ0n) is 10.9. The molecule has 20 heavy (non-hydrogen) atoms. The molecule has 2 N–H and O–H groups in total. The van der Waals surface area contributed by atoms with Gasteiger partial charge in [0, 0.05) is 18.8 Å². The Hall–Kier alpha value is -1.17. The van der Waals surface area contributed by atoms with Gasteiger partial charge in [-0.2, -0.15) is 0 Å². The molecule has 0 spiro atoms. The van der Waals surface area contributed by atoms with Gasteiger partial charge in [-0.25, -0.2) is 4.39 Å². The molecule has 6 heteroatoms. The largest absolute Gasteiger partial charge is 0.387 e. The van der Waals surface area contributed by atoms with Crippen molar-refractivity contribution < 1.29 is 14.3 Å². The van der Waals surface area contributed by atoms with E-state index in [1.54, 1.807) is 0 Å². The average Bonchev–Trinajstić information content (AvgIpc) is 3.16. The lowest BCUT2D eigenvalue weighted by Gasteiger charge is -2.46. The van der Waals surface area contributed by atoms with E-state index in [9.17, 15) is 14.3 Å². The second kappa shape index (κ2) is 4.98. The first-order valence-electron chi connectivity index (χ1n) is 6.66. The van der Waals surface area contributed by atoms with E-state index in [4.69, 9.17) is 11.6 Å². The molecular formula is C14H16ClFN2O2. The summed E-state index contributed by atoms with van der Waals surface area (Å²) in [6.07, 6.45) is 2.18. The number of rotatable bonds is 4. The summed E-state index contributed by atoms with van der Waals surface area (Å²) >= 11 is 5.65. The van der Waals surface area contributed by atoms with Crippen molar-refractivity contribution in [2.45, 2.75) is 18.4 Å². The Morgan fingerprint density at radius 2 is 2.20 bits per heavy atom. The monoisotopic (exact) mass is 298 g/mol. The minimum Gasteiger partial charge on any atom is -0.387 e. The zero-order valence-corrected chi connectivity index (χ0v) is 11.7. The molecule has 2 fully saturated rings. The number of hydrogen-bond donors (Lipinski definition) is 2. The number of carbonyl (C=O) groups is 1. The first-order chi connectivity index (χ1) is 9.46. The minimum absolute atomic E-state index is 0.0186. The number of likely N-dealkylation sites (tertiary alicyclic amines) is 1. The number of hydrogen-bond acceptors (Lipinski definition) is 3. The Morgan fingerprint density at radius 3 is 2.80 bits per heavy atom. The molecule has 1 aliphatic carbocycles. The summed E-state index contributed by atoms with van der Waals surface area (Å²) in [6.45, 7) is 1.33. The fourth-order valence-electron chi connectivity index (χ4n) is 2.70. The van der Waals surface area contributed by atoms with Gasteiger partial charge in [-0.15, -0.1) is 0 Å². The van der Waals surface area contributed by atoms with Gasteiger partial charge in [0.25, 0.3) is 0 Å². The van der Waals surface area contributed by atoms with Crippen molar-refractivity contribution in [3.05, 3.63) is 29.0 Å². The number of β-amino-alcohol motifs (C(OH)–C–C–N with tert-alkyl or cyclic N) is 1. The first-order valence-corrected chi connectivity index (χ1v) is 7.04. The molecule has 4 nitrogen and oxygen atoms in total. The number of carbonyl (C=O) groups excluding carboxylic acids is 1. The van der Waals surface area contributed by atoms with E-state index < -0.39 is 11.4 Å². The van der Waals surface area contributed by atoms with Crippen molar-refractivity contribution in [1.29, 1.82) is 0 Å². The van der Waals surface area contributed by atoms with Gasteiger partial charge in [0.1, 0.15) is 5.82 Å². The number of aliphatic hydroxyl groups is 1. The molecule has 1 aromatic carbocycles. The van der Waals surface area contributed by atoms with Crippen molar-refractivity contribution in [2.24, 2.45) is 5.92 Å². The second-order valence-corrected chi connectivity index (χ2v) is 6.11. The molecule has 0 aromatic heterocycles. The van der Waals surface area contributed by atoms with Crippen LogP contribution in [0.25, 0.3) is 0 Å². The molecule has 0 radical (unpaired) electrons. The lowest BCUT2D eigenvalue weighted by atomic mass is 9.89. The van der Waals surface area contributed by atoms with Crippen LogP contribution < -0.4 is 5.32 Å². The Balaban J connectivity index is 1.49. The molecule has 0 atom stereocenters. The summed E-state index contributed by atoms with van der Waals surface area (Å²) in [4.78, 5) is 13.7. The molecule has 1 aliphatic heterocycles. The van der Waals surface area contributed by atoms with E-state index in [0.29, 0.717) is 24.7 Å². The Labute approximate surface area is 121 Å². The van der Waals surface area contributed by atoms with Crippen LogP contribution in [0.2, 0.25) is 5.02 Å². The maximum Gasteiger partial charge on any atom is 0.238 e. The van der Waals surface area contributed by atoms with Gasteiger partial charge in [-0.1, -0.05) is 11.6 Å². The third-order valence-corrected chi connectivity index (χ3v) is 4.19. The summed E-state index contributed by atoms with van der Waals surface area (Å²) in [5, 5.41) is 12.8. The lowest BCUT2D eigenvalue weighted by molar-refractivity contribution is -0.132. The normalized spacial score (nSPS) is 21.4. The zero-order chi connectivity index (χ0) is 14.3. The fourth-order valence-corrected chi connectivity index (χ4v) is 2.88. The fraction of sp³-hybridized carbons (Fsp3) is 0.500. The number of anilines is 1. The number of amides is 1. The van der Waals surface area contributed by atoms with E-state index >= 15 is 0 Å². The predicted molar refractivity (Wildman–Crippen MR) is 74.2 cm³/mol. The van der Waals surface area contributed by atoms with Crippen LogP contribution in [0.3, 0.4) is 0 Å². The van der Waals surface area contributed by atoms with Crippen LogP contribution in [0.4, 0.5) is 10.1 Å². The quantitative estimate of drug-likeness (QED) is 0.892. The van der Waals surface area contributed by atoms with Crippen LogP contribution in [0, 0.1) is 11.7 Å². The van der Waals surface area contributed by atoms with Crippen LogP contribution in [-0.2, 0) is 4.79 Å². The molecule has 0 bridgehead atoms. The first kappa shape index (κ1) is 13.8. The third kappa shape index (κ3) is 2.80. The van der Waals surface area contributed by atoms with E-state index in [0.717, 1.165) is 12.8 Å². The van der Waals surface area contributed by atoms with E-state index in [1.165, 1.54) is 18.2 Å². The van der Waals surface area contributed by atoms with Crippen molar-refractivity contribution in [3.63, 3.8) is 0 Å². The summed E-state index contributed by atoms with van der Waals surface area (Å²) in [7, 11) is 0. The highest BCUT2D eigenvalue weighted by Gasteiger charge is 2.51. The van der Waals surface area contributed by atoms with Gasteiger partial charge < -0.3 is 10.4 Å². The molecule has 1 heterocycles. The van der Waals surface area contributed by atoms with Gasteiger partial charge in [0.2, 0.25) is 5.91 Å². The molecule has 1 saturated carbocycles. The van der Waals surface area contributed by atoms with E-state index in [-0.39, 0.29) is 17.5 Å². The third-order valence-electron chi connectivity index (χ3n) is 3.90. The molecule has 0 unspecified atom stereocenters. The summed E-state index contributed by atoms with van der Waals surface area (Å²) < 4.78 is 13.0. The lowest BCUT2D eigenvalue weighted by Crippen LogP contribution is -2.64. The Kier molecular flexibility index (Phi) is 3.44. The van der Waals surface area contributed by atoms with Gasteiger partial charge in [0.15, 0.2) is 0 Å².